The van der Waals surface area contributed by atoms with Crippen molar-refractivity contribution in [2.45, 2.75) is 75.3 Å². The zero-order valence-corrected chi connectivity index (χ0v) is 25.7. The maximum Gasteiger partial charge on any atom is 0.453 e. The van der Waals surface area contributed by atoms with Crippen molar-refractivity contribution >= 4 is 36.7 Å². The summed E-state index contributed by atoms with van der Waals surface area (Å²) in [7, 11) is -4.00. The second kappa shape index (κ2) is 13.7. The first-order valence-electron chi connectivity index (χ1n) is 15.7. The summed E-state index contributed by atoms with van der Waals surface area (Å²) in [6.07, 6.45) is 6.33. The van der Waals surface area contributed by atoms with E-state index in [0.29, 0.717) is 42.3 Å². The maximum atomic E-state index is 14.7. The second-order valence-electron chi connectivity index (χ2n) is 11.9. The van der Waals surface area contributed by atoms with Crippen molar-refractivity contribution in [2.75, 3.05) is 36.8 Å². The number of carbonyl (C=O) groups excluding carboxylic acids is 3. The summed E-state index contributed by atoms with van der Waals surface area (Å²) in [5.74, 6) is -0.435. The Kier molecular flexibility index (Phi) is 9.51. The van der Waals surface area contributed by atoms with Crippen molar-refractivity contribution in [3.63, 3.8) is 0 Å². The number of nitrogens with zero attached hydrogens (tertiary/aromatic N) is 1. The van der Waals surface area contributed by atoms with Crippen LogP contribution in [-0.4, -0.2) is 72.7 Å². The molecule has 0 saturated carbocycles. The molecule has 6 rings (SSSR count). The van der Waals surface area contributed by atoms with Crippen molar-refractivity contribution in [1.29, 1.82) is 0 Å². The third-order valence-corrected chi connectivity index (χ3v) is 10.9. The van der Waals surface area contributed by atoms with Gasteiger partial charge in [-0.15, -0.1) is 0 Å². The molecule has 5 N–H and O–H groups in total. The molecule has 4 aliphatic rings. The lowest BCUT2D eigenvalue weighted by Gasteiger charge is -2.32. The molecule has 2 aromatic carbocycles. The van der Waals surface area contributed by atoms with E-state index in [2.05, 4.69) is 26.6 Å². The van der Waals surface area contributed by atoms with E-state index in [1.165, 1.54) is 0 Å². The van der Waals surface area contributed by atoms with Crippen LogP contribution in [0.15, 0.2) is 48.5 Å². The molecule has 0 radical (unpaired) electrons. The van der Waals surface area contributed by atoms with E-state index in [-0.39, 0.29) is 35.8 Å². The molecule has 4 aliphatic heterocycles. The Morgan fingerprint density at radius 3 is 1.55 bits per heavy atom. The Morgan fingerprint density at radius 1 is 0.659 bits per heavy atom. The number of rotatable bonds is 10. The molecule has 0 bridgehead atoms. The first-order valence-corrected chi connectivity index (χ1v) is 17.3. The molecule has 4 saturated heterocycles. The van der Waals surface area contributed by atoms with Gasteiger partial charge in [-0.1, -0.05) is 0 Å². The molecular formula is C31H41N6O6P. The fourth-order valence-corrected chi connectivity index (χ4v) is 8.52. The van der Waals surface area contributed by atoms with Gasteiger partial charge < -0.3 is 40.5 Å². The number of hydrogen-bond acceptors (Lipinski definition) is 9. The summed E-state index contributed by atoms with van der Waals surface area (Å²) in [6.45, 7) is 2.90. The number of amides is 3. The molecule has 2 aromatic rings. The molecule has 1 unspecified atom stereocenters. The number of hydrogen-bond donors (Lipinski definition) is 5. The number of nitrogens with one attached hydrogen (secondary N) is 5. The van der Waals surface area contributed by atoms with E-state index >= 15 is 0 Å². The summed E-state index contributed by atoms with van der Waals surface area (Å²) in [4.78, 5) is 40.2. The Bertz CT molecular complexity index is 1290. The van der Waals surface area contributed by atoms with Gasteiger partial charge in [0.15, 0.2) is 5.78 Å². The van der Waals surface area contributed by atoms with Crippen LogP contribution in [0.3, 0.4) is 0 Å². The molecule has 44 heavy (non-hydrogen) atoms. The van der Waals surface area contributed by atoms with E-state index in [1.54, 1.807) is 53.4 Å². The topological polar surface area (TPSA) is 150 Å². The van der Waals surface area contributed by atoms with Crippen molar-refractivity contribution in [1.82, 2.24) is 20.9 Å². The van der Waals surface area contributed by atoms with Gasteiger partial charge in [0, 0.05) is 17.9 Å². The minimum absolute atomic E-state index is 0.0883. The fourth-order valence-electron chi connectivity index (χ4n) is 6.34. The Balaban J connectivity index is 1.19. The van der Waals surface area contributed by atoms with Crippen LogP contribution in [0.1, 0.15) is 51.4 Å². The summed E-state index contributed by atoms with van der Waals surface area (Å²) in [5.41, 5.74) is 1.20. The van der Waals surface area contributed by atoms with Crippen LogP contribution < -0.4 is 35.6 Å². The van der Waals surface area contributed by atoms with Gasteiger partial charge in [-0.2, -0.15) is 0 Å². The van der Waals surface area contributed by atoms with Crippen LogP contribution >= 0.6 is 7.60 Å². The van der Waals surface area contributed by atoms with Crippen LogP contribution in [-0.2, 0) is 18.9 Å². The third-order valence-electron chi connectivity index (χ3n) is 8.69. The van der Waals surface area contributed by atoms with E-state index in [4.69, 9.17) is 9.05 Å². The van der Waals surface area contributed by atoms with Gasteiger partial charge in [-0.3, -0.25) is 14.4 Å². The fraction of sp³-hybridized carbons (Fsp3) is 0.516. The van der Waals surface area contributed by atoms with Crippen molar-refractivity contribution in [3.8, 4) is 11.5 Å². The number of anilines is 2. The standard InChI is InChI=1S/C31H41N6O6P/c38-29(25-5-1-17-32-25)35-21-9-13-23(14-10-21)42-44(41,28-8-4-20-37(28)31(40)27-7-3-19-34-27)43-24-15-11-22(12-16-24)36-30(39)26-6-2-18-33-26/h9-16,25-28,32-34H,1-8,17-20H2,(H,35,38)(H,36,39)/t25-,26-,27-,28?/m0/s1. The van der Waals surface area contributed by atoms with Crippen molar-refractivity contribution in [2.24, 2.45) is 0 Å². The van der Waals surface area contributed by atoms with Crippen LogP contribution in [0, 0.1) is 0 Å². The van der Waals surface area contributed by atoms with Gasteiger partial charge in [0.05, 0.1) is 18.1 Å². The lowest BCUT2D eigenvalue weighted by molar-refractivity contribution is -0.132. The highest BCUT2D eigenvalue weighted by molar-refractivity contribution is 7.55. The van der Waals surface area contributed by atoms with E-state index in [1.807, 2.05) is 0 Å². The van der Waals surface area contributed by atoms with E-state index in [0.717, 1.165) is 58.2 Å². The minimum atomic E-state index is -4.00. The highest BCUT2D eigenvalue weighted by Crippen LogP contribution is 2.57. The lowest BCUT2D eigenvalue weighted by Crippen LogP contribution is -2.46. The van der Waals surface area contributed by atoms with Gasteiger partial charge in [-0.05, 0) is 120 Å². The number of benzene rings is 2. The normalized spacial score (nSPS) is 25.1. The molecule has 0 aliphatic carbocycles. The summed E-state index contributed by atoms with van der Waals surface area (Å²) in [6, 6.07) is 12.6. The summed E-state index contributed by atoms with van der Waals surface area (Å²) in [5, 5.41) is 15.4. The zero-order valence-electron chi connectivity index (χ0n) is 24.8. The largest absolute Gasteiger partial charge is 0.453 e. The van der Waals surface area contributed by atoms with Crippen molar-refractivity contribution in [3.05, 3.63) is 48.5 Å². The lowest BCUT2D eigenvalue weighted by atomic mass is 10.2. The van der Waals surface area contributed by atoms with E-state index < -0.39 is 13.4 Å². The molecule has 12 nitrogen and oxygen atoms in total. The molecule has 4 atom stereocenters. The van der Waals surface area contributed by atoms with Crippen LogP contribution in [0.4, 0.5) is 11.4 Å². The molecular weight excluding hydrogens is 583 g/mol. The smallest absolute Gasteiger partial charge is 0.415 e. The van der Waals surface area contributed by atoms with Crippen molar-refractivity contribution < 1.29 is 28.0 Å². The third kappa shape index (κ3) is 7.10. The zero-order chi connectivity index (χ0) is 30.5. The predicted octanol–water partition coefficient (Wildman–Crippen LogP) is 3.42. The number of likely N-dealkylation sites (tertiary alicyclic amines) is 1. The second-order valence-corrected chi connectivity index (χ2v) is 13.9. The first-order chi connectivity index (χ1) is 21.4. The minimum Gasteiger partial charge on any atom is -0.415 e. The average molecular weight is 625 g/mol. The highest BCUT2D eigenvalue weighted by Gasteiger charge is 2.49. The van der Waals surface area contributed by atoms with Gasteiger partial charge in [0.1, 0.15) is 11.5 Å². The van der Waals surface area contributed by atoms with Gasteiger partial charge in [0.25, 0.3) is 0 Å². The maximum absolute atomic E-state index is 14.7. The first kappa shape index (κ1) is 30.6. The molecule has 13 heteroatoms. The summed E-state index contributed by atoms with van der Waals surface area (Å²) >= 11 is 0. The van der Waals surface area contributed by atoms with Gasteiger partial charge in [-0.25, -0.2) is 4.57 Å². The van der Waals surface area contributed by atoms with E-state index in [9.17, 15) is 18.9 Å². The summed E-state index contributed by atoms with van der Waals surface area (Å²) < 4.78 is 27.1. The quantitative estimate of drug-likeness (QED) is 0.251. The molecule has 236 valence electrons. The average Bonchev–Trinajstić information content (AvgIpc) is 3.86. The molecule has 4 fully saturated rings. The van der Waals surface area contributed by atoms with Gasteiger partial charge in [0.2, 0.25) is 17.7 Å². The molecule has 4 heterocycles. The molecule has 0 spiro atoms. The Labute approximate surface area is 257 Å². The Hall–Kier alpha value is -3.44. The van der Waals surface area contributed by atoms with Crippen LogP contribution in [0.5, 0.6) is 11.5 Å². The SMILES string of the molecule is O=C(Nc1ccc(OP(=O)(Oc2ccc(NC(=O)[C@@H]3CCCN3)cc2)C2CCCN2C(=O)[C@@H]2CCCN2)cc1)[C@@H]1CCCN1. The molecule has 3 amide bonds. The molecule has 0 aromatic heterocycles. The van der Waals surface area contributed by atoms with Gasteiger partial charge >= 0.3 is 7.60 Å². The number of carbonyl (C=O) groups is 3. The highest BCUT2D eigenvalue weighted by atomic mass is 31.2. The Morgan fingerprint density at radius 2 is 1.11 bits per heavy atom. The van der Waals surface area contributed by atoms with Crippen LogP contribution in [0.25, 0.3) is 0 Å². The predicted molar refractivity (Wildman–Crippen MR) is 167 cm³/mol. The monoisotopic (exact) mass is 624 g/mol. The van der Waals surface area contributed by atoms with Crippen LogP contribution in [0.2, 0.25) is 0 Å².